The van der Waals surface area contributed by atoms with Crippen LogP contribution in [0, 0.1) is 5.82 Å². The van der Waals surface area contributed by atoms with Gasteiger partial charge in [0.2, 0.25) is 0 Å². The Kier molecular flexibility index (Phi) is 5.80. The Morgan fingerprint density at radius 3 is 2.48 bits per heavy atom. The van der Waals surface area contributed by atoms with E-state index in [1.54, 1.807) is 36.4 Å². The zero-order valence-electron chi connectivity index (χ0n) is 15.1. The number of carbonyl (C=O) groups is 1. The van der Waals surface area contributed by atoms with Crippen LogP contribution in [0.4, 0.5) is 4.39 Å². The maximum Gasteiger partial charge on any atom is 0.258 e. The molecular formula is C20H20FN3O3. The zero-order chi connectivity index (χ0) is 19.2. The average molecular weight is 369 g/mol. The Morgan fingerprint density at radius 1 is 1.15 bits per heavy atom. The van der Waals surface area contributed by atoms with Gasteiger partial charge in [0.15, 0.2) is 12.4 Å². The summed E-state index contributed by atoms with van der Waals surface area (Å²) in [4.78, 5) is 16.2. The highest BCUT2D eigenvalue weighted by Gasteiger charge is 2.11. The van der Waals surface area contributed by atoms with Gasteiger partial charge < -0.3 is 14.6 Å². The molecule has 0 aliphatic heterocycles. The van der Waals surface area contributed by atoms with Crippen molar-refractivity contribution >= 4 is 5.91 Å². The minimum Gasteiger partial charge on any atom is -0.484 e. The number of carbonyl (C=O) groups excluding carboxylic acids is 1. The number of hydrogen-bond donors (Lipinski definition) is 1. The highest BCUT2D eigenvalue weighted by molar-refractivity contribution is 5.77. The lowest BCUT2D eigenvalue weighted by molar-refractivity contribution is -0.123. The van der Waals surface area contributed by atoms with Gasteiger partial charge >= 0.3 is 0 Å². The number of nitrogens with zero attached hydrogens (tertiary/aromatic N) is 2. The second kappa shape index (κ2) is 8.44. The maximum absolute atomic E-state index is 12.8. The first-order chi connectivity index (χ1) is 13.0. The minimum absolute atomic E-state index is 0.113. The van der Waals surface area contributed by atoms with Crippen molar-refractivity contribution in [3.05, 3.63) is 65.7 Å². The molecule has 27 heavy (non-hydrogen) atoms. The molecule has 7 heteroatoms. The largest absolute Gasteiger partial charge is 0.484 e. The molecule has 1 aromatic heterocycles. The van der Waals surface area contributed by atoms with Gasteiger partial charge in [-0.2, -0.15) is 4.98 Å². The third-order valence-corrected chi connectivity index (χ3v) is 3.83. The first-order valence-corrected chi connectivity index (χ1v) is 8.59. The molecule has 0 radical (unpaired) electrons. The van der Waals surface area contributed by atoms with Crippen LogP contribution < -0.4 is 10.1 Å². The molecule has 140 valence electrons. The fourth-order valence-electron chi connectivity index (χ4n) is 2.28. The summed E-state index contributed by atoms with van der Waals surface area (Å²) in [6, 6.07) is 13.0. The van der Waals surface area contributed by atoms with E-state index >= 15 is 0 Å². The van der Waals surface area contributed by atoms with Crippen molar-refractivity contribution in [1.29, 1.82) is 0 Å². The predicted octanol–water partition coefficient (Wildman–Crippen LogP) is 3.69. The molecule has 0 aliphatic carbocycles. The molecule has 0 bridgehead atoms. The molecule has 0 fully saturated rings. The van der Waals surface area contributed by atoms with Crippen LogP contribution in [-0.2, 0) is 11.3 Å². The van der Waals surface area contributed by atoms with E-state index in [0.29, 0.717) is 24.0 Å². The fourth-order valence-corrected chi connectivity index (χ4v) is 2.28. The molecule has 2 aromatic carbocycles. The van der Waals surface area contributed by atoms with Crippen LogP contribution in [0.2, 0.25) is 0 Å². The van der Waals surface area contributed by atoms with Gasteiger partial charge in [0, 0.05) is 18.0 Å². The predicted molar refractivity (Wildman–Crippen MR) is 97.6 cm³/mol. The topological polar surface area (TPSA) is 77.2 Å². The molecule has 1 heterocycles. The van der Waals surface area contributed by atoms with Crippen LogP contribution in [0.5, 0.6) is 5.75 Å². The Hall–Kier alpha value is -3.22. The summed E-state index contributed by atoms with van der Waals surface area (Å²) in [6.45, 7) is 4.19. The maximum atomic E-state index is 12.8. The lowest BCUT2D eigenvalue weighted by Crippen LogP contribution is -2.28. The first kappa shape index (κ1) is 18.6. The number of amides is 1. The summed E-state index contributed by atoms with van der Waals surface area (Å²) in [5.74, 6) is 1.28. The SMILES string of the molecule is CC(C)c1noc(-c2ccc(OCC(=O)NCc3ccc(F)cc3)cc2)n1. The number of ether oxygens (including phenoxy) is 1. The van der Waals surface area contributed by atoms with Crippen molar-refractivity contribution < 1.29 is 18.4 Å². The van der Waals surface area contributed by atoms with Crippen LogP contribution in [-0.4, -0.2) is 22.7 Å². The second-order valence-corrected chi connectivity index (χ2v) is 6.33. The van der Waals surface area contributed by atoms with Gasteiger partial charge in [0.25, 0.3) is 11.8 Å². The van der Waals surface area contributed by atoms with Gasteiger partial charge in [0.05, 0.1) is 0 Å². The van der Waals surface area contributed by atoms with E-state index in [-0.39, 0.29) is 24.2 Å². The Bertz CT molecular complexity index is 890. The molecule has 1 N–H and O–H groups in total. The van der Waals surface area contributed by atoms with Crippen molar-refractivity contribution in [2.45, 2.75) is 26.3 Å². The van der Waals surface area contributed by atoms with Gasteiger partial charge in [-0.25, -0.2) is 4.39 Å². The van der Waals surface area contributed by atoms with Crippen LogP contribution in [0.25, 0.3) is 11.5 Å². The van der Waals surface area contributed by atoms with Crippen molar-refractivity contribution in [1.82, 2.24) is 15.5 Å². The number of aromatic nitrogens is 2. The molecule has 3 rings (SSSR count). The number of halogens is 1. The normalized spacial score (nSPS) is 10.8. The third-order valence-electron chi connectivity index (χ3n) is 3.83. The molecule has 1 amide bonds. The van der Waals surface area contributed by atoms with Crippen molar-refractivity contribution in [2.24, 2.45) is 0 Å². The van der Waals surface area contributed by atoms with Crippen LogP contribution >= 0.6 is 0 Å². The van der Waals surface area contributed by atoms with Crippen LogP contribution in [0.3, 0.4) is 0 Å². The molecule has 3 aromatic rings. The standard InChI is InChI=1S/C20H20FN3O3/c1-13(2)19-23-20(27-24-19)15-5-9-17(10-6-15)26-12-18(25)22-11-14-3-7-16(21)8-4-14/h3-10,13H,11-12H2,1-2H3,(H,22,25). The molecule has 6 nitrogen and oxygen atoms in total. The summed E-state index contributed by atoms with van der Waals surface area (Å²) in [5.41, 5.74) is 1.59. The summed E-state index contributed by atoms with van der Waals surface area (Å²) < 4.78 is 23.6. The molecular weight excluding hydrogens is 349 g/mol. The summed E-state index contributed by atoms with van der Waals surface area (Å²) in [7, 11) is 0. The molecule has 0 unspecified atom stereocenters. The molecule has 0 spiro atoms. The summed E-state index contributed by atoms with van der Waals surface area (Å²) in [5, 5.41) is 6.65. The fraction of sp³-hybridized carbons (Fsp3) is 0.250. The van der Waals surface area contributed by atoms with E-state index < -0.39 is 0 Å². The molecule has 0 aliphatic rings. The lowest BCUT2D eigenvalue weighted by Gasteiger charge is -2.08. The smallest absolute Gasteiger partial charge is 0.258 e. The number of nitrogens with one attached hydrogen (secondary N) is 1. The van der Waals surface area contributed by atoms with E-state index in [4.69, 9.17) is 9.26 Å². The molecule has 0 saturated carbocycles. The van der Waals surface area contributed by atoms with E-state index in [1.807, 2.05) is 13.8 Å². The number of rotatable bonds is 7. The van der Waals surface area contributed by atoms with Gasteiger partial charge in [0.1, 0.15) is 11.6 Å². The zero-order valence-corrected chi connectivity index (χ0v) is 15.1. The highest BCUT2D eigenvalue weighted by Crippen LogP contribution is 2.22. The summed E-state index contributed by atoms with van der Waals surface area (Å²) >= 11 is 0. The van der Waals surface area contributed by atoms with Crippen molar-refractivity contribution in [3.63, 3.8) is 0 Å². The third kappa shape index (κ3) is 5.13. The minimum atomic E-state index is -0.308. The van der Waals surface area contributed by atoms with E-state index in [2.05, 4.69) is 15.5 Å². The van der Waals surface area contributed by atoms with Crippen molar-refractivity contribution in [2.75, 3.05) is 6.61 Å². The van der Waals surface area contributed by atoms with Crippen LogP contribution in [0.15, 0.2) is 53.1 Å². The second-order valence-electron chi connectivity index (χ2n) is 6.33. The van der Waals surface area contributed by atoms with Crippen LogP contribution in [0.1, 0.15) is 31.2 Å². The Balaban J connectivity index is 1.49. The number of benzene rings is 2. The van der Waals surface area contributed by atoms with Crippen molar-refractivity contribution in [3.8, 4) is 17.2 Å². The van der Waals surface area contributed by atoms with Gasteiger partial charge in [-0.3, -0.25) is 4.79 Å². The van der Waals surface area contributed by atoms with Gasteiger partial charge in [-0.1, -0.05) is 31.1 Å². The van der Waals surface area contributed by atoms with Gasteiger partial charge in [-0.05, 0) is 42.0 Å². The quantitative estimate of drug-likeness (QED) is 0.687. The number of hydrogen-bond acceptors (Lipinski definition) is 5. The Morgan fingerprint density at radius 2 is 1.85 bits per heavy atom. The Labute approximate surface area is 156 Å². The molecule has 0 atom stereocenters. The first-order valence-electron chi connectivity index (χ1n) is 8.59. The van der Waals surface area contributed by atoms with E-state index in [9.17, 15) is 9.18 Å². The monoisotopic (exact) mass is 369 g/mol. The average Bonchev–Trinajstić information content (AvgIpc) is 3.17. The molecule has 0 saturated heterocycles. The lowest BCUT2D eigenvalue weighted by atomic mass is 10.2. The van der Waals surface area contributed by atoms with E-state index in [1.165, 1.54) is 12.1 Å². The van der Waals surface area contributed by atoms with Gasteiger partial charge in [-0.15, -0.1) is 0 Å². The highest BCUT2D eigenvalue weighted by atomic mass is 19.1. The van der Waals surface area contributed by atoms with E-state index in [0.717, 1.165) is 11.1 Å². The summed E-state index contributed by atoms with van der Waals surface area (Å²) in [6.07, 6.45) is 0.